The van der Waals surface area contributed by atoms with Crippen LogP contribution in [0.4, 0.5) is 5.69 Å². The highest BCUT2D eigenvalue weighted by atomic mass is 16.2. The van der Waals surface area contributed by atoms with Gasteiger partial charge < -0.3 is 9.80 Å². The van der Waals surface area contributed by atoms with Gasteiger partial charge in [0.2, 0.25) is 5.91 Å². The summed E-state index contributed by atoms with van der Waals surface area (Å²) in [5.74, 6) is 0.703. The van der Waals surface area contributed by atoms with Crippen LogP contribution in [0.25, 0.3) is 0 Å². The molecule has 0 N–H and O–H groups in total. The Hall–Kier alpha value is -2.66. The third kappa shape index (κ3) is 4.41. The third-order valence-corrected chi connectivity index (χ3v) is 6.25. The van der Waals surface area contributed by atoms with Crippen molar-refractivity contribution in [1.82, 2.24) is 9.80 Å². The minimum absolute atomic E-state index is 0.0845. The van der Waals surface area contributed by atoms with Crippen LogP contribution >= 0.6 is 0 Å². The average Bonchev–Trinajstić information content (AvgIpc) is 2.78. The summed E-state index contributed by atoms with van der Waals surface area (Å²) in [5, 5.41) is 0. The Balaban J connectivity index is 1.32. The van der Waals surface area contributed by atoms with Crippen molar-refractivity contribution in [2.75, 3.05) is 44.2 Å². The Labute approximate surface area is 179 Å². The normalized spacial score (nSPS) is 17.2. The highest BCUT2D eigenvalue weighted by Gasteiger charge is 2.27. The number of fused-ring (bicyclic) bond motifs is 1. The van der Waals surface area contributed by atoms with Crippen molar-refractivity contribution in [1.29, 1.82) is 0 Å². The van der Waals surface area contributed by atoms with Gasteiger partial charge in [0.25, 0.3) is 5.91 Å². The van der Waals surface area contributed by atoms with Crippen LogP contribution in [0.15, 0.2) is 48.5 Å². The molecule has 1 fully saturated rings. The monoisotopic (exact) mass is 405 g/mol. The number of rotatable bonds is 4. The second-order valence-electron chi connectivity index (χ2n) is 8.62. The molecule has 0 bridgehead atoms. The lowest BCUT2D eigenvalue weighted by Crippen LogP contribution is -2.52. The van der Waals surface area contributed by atoms with Gasteiger partial charge >= 0.3 is 0 Å². The molecule has 0 aromatic heterocycles. The van der Waals surface area contributed by atoms with E-state index in [2.05, 4.69) is 24.8 Å². The van der Waals surface area contributed by atoms with Gasteiger partial charge in [0.05, 0.1) is 6.54 Å². The highest BCUT2D eigenvalue weighted by Crippen LogP contribution is 2.27. The zero-order chi connectivity index (χ0) is 21.1. The second kappa shape index (κ2) is 9.00. The van der Waals surface area contributed by atoms with E-state index in [0.717, 1.165) is 43.7 Å². The fraction of sp³-hybridized carbons (Fsp3) is 0.440. The lowest BCUT2D eigenvalue weighted by Gasteiger charge is -2.36. The Morgan fingerprint density at radius 1 is 0.900 bits per heavy atom. The molecule has 0 saturated carbocycles. The van der Waals surface area contributed by atoms with Crippen LogP contribution in [0.2, 0.25) is 0 Å². The first-order valence-electron chi connectivity index (χ1n) is 11.0. The number of aryl methyl sites for hydroxylation is 1. The van der Waals surface area contributed by atoms with Crippen molar-refractivity contribution in [3.05, 3.63) is 65.2 Å². The van der Waals surface area contributed by atoms with E-state index in [-0.39, 0.29) is 11.8 Å². The van der Waals surface area contributed by atoms with Crippen LogP contribution in [0.3, 0.4) is 0 Å². The zero-order valence-electron chi connectivity index (χ0n) is 18.0. The van der Waals surface area contributed by atoms with E-state index >= 15 is 0 Å². The minimum Gasteiger partial charge on any atom is -0.336 e. The van der Waals surface area contributed by atoms with Gasteiger partial charge in [0, 0.05) is 44.0 Å². The summed E-state index contributed by atoms with van der Waals surface area (Å²) in [6.07, 6.45) is 2.06. The predicted molar refractivity (Wildman–Crippen MR) is 120 cm³/mol. The molecule has 158 valence electrons. The van der Waals surface area contributed by atoms with Gasteiger partial charge in [-0.1, -0.05) is 44.2 Å². The van der Waals surface area contributed by atoms with Gasteiger partial charge in [-0.25, -0.2) is 0 Å². The third-order valence-electron chi connectivity index (χ3n) is 6.25. The van der Waals surface area contributed by atoms with Crippen LogP contribution in [-0.4, -0.2) is 60.9 Å². The number of carbonyl (C=O) groups is 2. The topological polar surface area (TPSA) is 43.9 Å². The molecule has 5 nitrogen and oxygen atoms in total. The lowest BCUT2D eigenvalue weighted by atomic mass is 10.0. The number of benzene rings is 2. The quantitative estimate of drug-likeness (QED) is 0.781. The summed E-state index contributed by atoms with van der Waals surface area (Å²) in [7, 11) is 0. The van der Waals surface area contributed by atoms with E-state index in [9.17, 15) is 9.59 Å². The molecule has 4 rings (SSSR count). The van der Waals surface area contributed by atoms with Crippen LogP contribution < -0.4 is 4.90 Å². The Bertz CT molecular complexity index is 899. The van der Waals surface area contributed by atoms with Gasteiger partial charge in [-0.3, -0.25) is 14.5 Å². The van der Waals surface area contributed by atoms with E-state index in [0.29, 0.717) is 25.6 Å². The summed E-state index contributed by atoms with van der Waals surface area (Å²) in [4.78, 5) is 31.8. The molecule has 0 spiro atoms. The maximum absolute atomic E-state index is 13.0. The fourth-order valence-corrected chi connectivity index (χ4v) is 4.37. The van der Waals surface area contributed by atoms with E-state index < -0.39 is 0 Å². The Morgan fingerprint density at radius 2 is 1.60 bits per heavy atom. The van der Waals surface area contributed by atoms with Gasteiger partial charge in [-0.05, 0) is 48.1 Å². The molecule has 2 aromatic carbocycles. The minimum atomic E-state index is 0.0845. The predicted octanol–water partition coefficient (Wildman–Crippen LogP) is 3.55. The van der Waals surface area contributed by atoms with E-state index in [1.807, 2.05) is 52.3 Å². The number of nitrogens with zero attached hydrogens (tertiary/aromatic N) is 3. The summed E-state index contributed by atoms with van der Waals surface area (Å²) in [6, 6.07) is 16.2. The number of hydrogen-bond donors (Lipinski definition) is 0. The number of hydrogen-bond acceptors (Lipinski definition) is 3. The molecule has 1 saturated heterocycles. The molecule has 2 aliphatic heterocycles. The number of amides is 2. The summed E-state index contributed by atoms with van der Waals surface area (Å²) < 4.78 is 0. The first kappa shape index (κ1) is 20.6. The maximum Gasteiger partial charge on any atom is 0.253 e. The van der Waals surface area contributed by atoms with Crippen LogP contribution in [-0.2, 0) is 11.2 Å². The lowest BCUT2D eigenvalue weighted by molar-refractivity contribution is -0.120. The molecule has 2 heterocycles. The van der Waals surface area contributed by atoms with Crippen molar-refractivity contribution in [3.63, 3.8) is 0 Å². The van der Waals surface area contributed by atoms with Crippen molar-refractivity contribution >= 4 is 17.5 Å². The molecule has 30 heavy (non-hydrogen) atoms. The molecule has 2 aliphatic rings. The van der Waals surface area contributed by atoms with Crippen LogP contribution in [0.1, 0.15) is 47.7 Å². The number of piperazine rings is 1. The van der Waals surface area contributed by atoms with Gasteiger partial charge in [-0.2, -0.15) is 0 Å². The largest absolute Gasteiger partial charge is 0.336 e. The Morgan fingerprint density at radius 3 is 2.30 bits per heavy atom. The van der Waals surface area contributed by atoms with Crippen molar-refractivity contribution < 1.29 is 9.59 Å². The SMILES string of the molecule is CC(C)c1ccc(C(=O)N2CCN(CC(=O)N3CCCc4ccccc43)CC2)cc1. The molecular weight excluding hydrogens is 374 g/mol. The number of carbonyl (C=O) groups excluding carboxylic acids is 2. The van der Waals surface area contributed by atoms with Crippen molar-refractivity contribution in [3.8, 4) is 0 Å². The molecular formula is C25H31N3O2. The zero-order valence-corrected chi connectivity index (χ0v) is 18.0. The standard InChI is InChI=1S/C25H31N3O2/c1-19(2)20-9-11-22(12-10-20)25(30)27-16-14-26(15-17-27)18-24(29)28-13-5-7-21-6-3-4-8-23(21)28/h3-4,6,8-12,19H,5,7,13-18H2,1-2H3. The van der Waals surface area contributed by atoms with Gasteiger partial charge in [0.15, 0.2) is 0 Å². The first-order valence-corrected chi connectivity index (χ1v) is 11.0. The summed E-state index contributed by atoms with van der Waals surface area (Å²) in [6.45, 7) is 8.30. The summed E-state index contributed by atoms with van der Waals surface area (Å²) in [5.41, 5.74) is 4.31. The fourth-order valence-electron chi connectivity index (χ4n) is 4.37. The maximum atomic E-state index is 13.0. The molecule has 5 heteroatoms. The molecule has 0 radical (unpaired) electrons. The van der Waals surface area contributed by atoms with Crippen LogP contribution in [0.5, 0.6) is 0 Å². The van der Waals surface area contributed by atoms with Gasteiger partial charge in [0.1, 0.15) is 0 Å². The van der Waals surface area contributed by atoms with E-state index in [1.165, 1.54) is 11.1 Å². The van der Waals surface area contributed by atoms with Crippen molar-refractivity contribution in [2.24, 2.45) is 0 Å². The number of para-hydroxylation sites is 1. The van der Waals surface area contributed by atoms with Crippen LogP contribution in [0, 0.1) is 0 Å². The smallest absolute Gasteiger partial charge is 0.253 e. The molecule has 2 amide bonds. The van der Waals surface area contributed by atoms with E-state index in [1.54, 1.807) is 0 Å². The average molecular weight is 406 g/mol. The van der Waals surface area contributed by atoms with E-state index in [4.69, 9.17) is 0 Å². The second-order valence-corrected chi connectivity index (χ2v) is 8.62. The van der Waals surface area contributed by atoms with Crippen molar-refractivity contribution in [2.45, 2.75) is 32.6 Å². The summed E-state index contributed by atoms with van der Waals surface area (Å²) >= 11 is 0. The van der Waals surface area contributed by atoms with Gasteiger partial charge in [-0.15, -0.1) is 0 Å². The molecule has 2 aromatic rings. The Kier molecular flexibility index (Phi) is 6.18. The first-order chi connectivity index (χ1) is 14.5. The molecule has 0 aliphatic carbocycles. The molecule has 0 atom stereocenters. The molecule has 0 unspecified atom stereocenters. The number of anilines is 1. The highest BCUT2D eigenvalue weighted by molar-refractivity contribution is 5.96.